The Morgan fingerprint density at radius 3 is 2.77 bits per heavy atom. The molecular weight excluding hydrogens is 300 g/mol. The fourth-order valence-corrected chi connectivity index (χ4v) is 1.73. The average Bonchev–Trinajstić information content (AvgIpc) is 2.61. The first kappa shape index (κ1) is 8.83. The Bertz CT molecular complexity index is 412. The molecule has 6 heteroatoms. The zero-order chi connectivity index (χ0) is 9.26. The van der Waals surface area contributed by atoms with Crippen LogP contribution < -0.4 is 0 Å². The summed E-state index contributed by atoms with van der Waals surface area (Å²) in [6.45, 7) is 0. The molecule has 0 radical (unpaired) electrons. The number of hydrogen-bond donors (Lipinski definition) is 1. The van der Waals surface area contributed by atoms with Crippen molar-refractivity contribution in [3.05, 3.63) is 27.1 Å². The summed E-state index contributed by atoms with van der Waals surface area (Å²) in [5.41, 5.74) is 0.906. The predicted octanol–water partition coefficient (Wildman–Crippen LogP) is 2.39. The number of rotatable bonds is 1. The van der Waals surface area contributed by atoms with Gasteiger partial charge < -0.3 is 0 Å². The van der Waals surface area contributed by atoms with E-state index in [1.54, 1.807) is 0 Å². The van der Waals surface area contributed by atoms with Crippen molar-refractivity contribution in [3.63, 3.8) is 0 Å². The van der Waals surface area contributed by atoms with E-state index in [1.807, 2.05) is 18.2 Å². The molecule has 0 fully saturated rings. The van der Waals surface area contributed by atoms with Gasteiger partial charge in [0, 0.05) is 14.5 Å². The van der Waals surface area contributed by atoms with Crippen molar-refractivity contribution in [2.24, 2.45) is 0 Å². The molecule has 1 aromatic heterocycles. The van der Waals surface area contributed by atoms with Gasteiger partial charge in [-0.05, 0) is 23.4 Å². The van der Waals surface area contributed by atoms with Gasteiger partial charge in [-0.15, -0.1) is 10.2 Å². The van der Waals surface area contributed by atoms with Crippen molar-refractivity contribution in [3.8, 4) is 11.4 Å². The van der Waals surface area contributed by atoms with Gasteiger partial charge in [0.25, 0.3) is 0 Å². The molecule has 2 rings (SSSR count). The molecule has 1 N–H and O–H groups in total. The van der Waals surface area contributed by atoms with Crippen LogP contribution in [0.15, 0.2) is 27.1 Å². The highest BCUT2D eigenvalue weighted by molar-refractivity contribution is 9.11. The molecule has 0 spiro atoms. The number of nitrogens with zero attached hydrogens (tertiary/aromatic N) is 3. The lowest BCUT2D eigenvalue weighted by molar-refractivity contribution is 0.881. The average molecular weight is 304 g/mol. The number of H-pyrrole nitrogens is 1. The third kappa shape index (κ3) is 1.78. The third-order valence-electron chi connectivity index (χ3n) is 1.51. The van der Waals surface area contributed by atoms with Gasteiger partial charge in [-0.25, -0.2) is 0 Å². The zero-order valence-corrected chi connectivity index (χ0v) is 9.50. The molecule has 0 saturated heterocycles. The van der Waals surface area contributed by atoms with Gasteiger partial charge in [0.15, 0.2) is 0 Å². The Hall–Kier alpha value is -0.750. The van der Waals surface area contributed by atoms with Crippen molar-refractivity contribution < 1.29 is 0 Å². The molecule has 1 aromatic carbocycles. The topological polar surface area (TPSA) is 54.5 Å². The molecule has 0 saturated carbocycles. The maximum absolute atomic E-state index is 3.89. The summed E-state index contributed by atoms with van der Waals surface area (Å²) in [5, 5.41) is 13.7. The highest BCUT2D eigenvalue weighted by Crippen LogP contribution is 2.27. The van der Waals surface area contributed by atoms with Crippen LogP contribution in [-0.2, 0) is 0 Å². The normalized spacial score (nSPS) is 10.3. The largest absolute Gasteiger partial charge is 0.205 e. The van der Waals surface area contributed by atoms with E-state index >= 15 is 0 Å². The highest BCUT2D eigenvalue weighted by atomic mass is 79.9. The van der Waals surface area contributed by atoms with Gasteiger partial charge in [0.2, 0.25) is 5.82 Å². The molecule has 66 valence electrons. The molecule has 0 atom stereocenters. The van der Waals surface area contributed by atoms with Crippen LogP contribution in [0.3, 0.4) is 0 Å². The zero-order valence-electron chi connectivity index (χ0n) is 6.33. The second kappa shape index (κ2) is 3.55. The quantitative estimate of drug-likeness (QED) is 0.880. The van der Waals surface area contributed by atoms with E-state index < -0.39 is 0 Å². The molecule has 0 aliphatic rings. The summed E-state index contributed by atoms with van der Waals surface area (Å²) < 4.78 is 1.92. The molecule has 0 aliphatic heterocycles. The summed E-state index contributed by atoms with van der Waals surface area (Å²) in [6, 6.07) is 5.79. The van der Waals surface area contributed by atoms with Gasteiger partial charge >= 0.3 is 0 Å². The number of tetrazole rings is 1. The molecule has 2 aromatic rings. The number of aromatic nitrogens is 4. The van der Waals surface area contributed by atoms with Crippen LogP contribution in [0.1, 0.15) is 0 Å². The van der Waals surface area contributed by atoms with E-state index in [0.717, 1.165) is 14.5 Å². The number of nitrogens with one attached hydrogen (secondary N) is 1. The van der Waals surface area contributed by atoms with E-state index in [-0.39, 0.29) is 0 Å². The first-order valence-electron chi connectivity index (χ1n) is 3.46. The highest BCUT2D eigenvalue weighted by Gasteiger charge is 2.07. The summed E-state index contributed by atoms with van der Waals surface area (Å²) in [4.78, 5) is 0. The SMILES string of the molecule is Brc1ccc(Br)c(-c2nn[nH]n2)c1. The first-order chi connectivity index (χ1) is 6.27. The minimum Gasteiger partial charge on any atom is -0.177 e. The minimum absolute atomic E-state index is 0.577. The molecule has 13 heavy (non-hydrogen) atoms. The fourth-order valence-electron chi connectivity index (χ4n) is 0.945. The second-order valence-corrected chi connectivity index (χ2v) is 4.13. The van der Waals surface area contributed by atoms with Crippen molar-refractivity contribution >= 4 is 31.9 Å². The number of aromatic amines is 1. The van der Waals surface area contributed by atoms with Gasteiger partial charge in [0.1, 0.15) is 0 Å². The molecule has 4 nitrogen and oxygen atoms in total. The number of hydrogen-bond acceptors (Lipinski definition) is 3. The summed E-state index contributed by atoms with van der Waals surface area (Å²) >= 11 is 6.78. The molecule has 1 heterocycles. The lowest BCUT2D eigenvalue weighted by Gasteiger charge is -1.98. The summed E-state index contributed by atoms with van der Waals surface area (Å²) in [5.74, 6) is 0.577. The van der Waals surface area contributed by atoms with Crippen molar-refractivity contribution in [2.45, 2.75) is 0 Å². The first-order valence-corrected chi connectivity index (χ1v) is 5.05. The van der Waals surface area contributed by atoms with Gasteiger partial charge in [0.05, 0.1) is 0 Å². The van der Waals surface area contributed by atoms with Gasteiger partial charge in [-0.1, -0.05) is 31.9 Å². The second-order valence-electron chi connectivity index (χ2n) is 2.36. The standard InChI is InChI=1S/C7H4Br2N4/c8-4-1-2-6(9)5(3-4)7-10-12-13-11-7/h1-3H,(H,10,11,12,13). The summed E-state index contributed by atoms with van der Waals surface area (Å²) in [6.07, 6.45) is 0. The van der Waals surface area contributed by atoms with Crippen LogP contribution in [0.5, 0.6) is 0 Å². The number of halogens is 2. The van der Waals surface area contributed by atoms with Crippen LogP contribution >= 0.6 is 31.9 Å². The maximum atomic E-state index is 3.89. The van der Waals surface area contributed by atoms with E-state index in [2.05, 4.69) is 52.5 Å². The minimum atomic E-state index is 0.577. The van der Waals surface area contributed by atoms with Crippen LogP contribution in [0.25, 0.3) is 11.4 Å². The van der Waals surface area contributed by atoms with Crippen LogP contribution in [0, 0.1) is 0 Å². The van der Waals surface area contributed by atoms with Crippen LogP contribution in [0.2, 0.25) is 0 Å². The van der Waals surface area contributed by atoms with E-state index in [0.29, 0.717) is 5.82 Å². The smallest absolute Gasteiger partial charge is 0.177 e. The Morgan fingerprint density at radius 2 is 2.08 bits per heavy atom. The van der Waals surface area contributed by atoms with Gasteiger partial charge in [-0.3, -0.25) is 0 Å². The Labute approximate surface area is 91.0 Å². The van der Waals surface area contributed by atoms with Crippen LogP contribution in [-0.4, -0.2) is 20.6 Å². The molecule has 0 unspecified atom stereocenters. The predicted molar refractivity (Wildman–Crippen MR) is 55.0 cm³/mol. The van der Waals surface area contributed by atoms with Crippen molar-refractivity contribution in [1.82, 2.24) is 20.6 Å². The Balaban J connectivity index is 2.57. The Kier molecular flexibility index (Phi) is 2.41. The van der Waals surface area contributed by atoms with Crippen molar-refractivity contribution in [2.75, 3.05) is 0 Å². The van der Waals surface area contributed by atoms with E-state index in [1.165, 1.54) is 0 Å². The fraction of sp³-hybridized carbons (Fsp3) is 0. The lowest BCUT2D eigenvalue weighted by atomic mass is 10.2. The van der Waals surface area contributed by atoms with Crippen LogP contribution in [0.4, 0.5) is 0 Å². The monoisotopic (exact) mass is 302 g/mol. The van der Waals surface area contributed by atoms with Gasteiger partial charge in [-0.2, -0.15) is 5.21 Å². The lowest BCUT2D eigenvalue weighted by Crippen LogP contribution is -1.82. The maximum Gasteiger partial charge on any atom is 0.205 e. The van der Waals surface area contributed by atoms with Crippen molar-refractivity contribution in [1.29, 1.82) is 0 Å². The molecule has 0 amide bonds. The molecular formula is C7H4Br2N4. The number of benzene rings is 1. The molecule has 0 aliphatic carbocycles. The molecule has 0 bridgehead atoms. The van der Waals surface area contributed by atoms with E-state index in [9.17, 15) is 0 Å². The Morgan fingerprint density at radius 1 is 1.23 bits per heavy atom. The summed E-state index contributed by atoms with van der Waals surface area (Å²) in [7, 11) is 0. The third-order valence-corrected chi connectivity index (χ3v) is 2.70. The van der Waals surface area contributed by atoms with E-state index in [4.69, 9.17) is 0 Å².